The van der Waals surface area contributed by atoms with E-state index < -0.39 is 37.3 Å². The Hall–Kier alpha value is -2.63. The van der Waals surface area contributed by atoms with Gasteiger partial charge in [-0.25, -0.2) is 15.0 Å². The number of rotatable bonds is 4. The standard InChI is InChI=1S/C18H21N5O5/c19-16-12-17(22-11(21-16)6-9-4-2-1-3-5-9)23(8-20-12)18-15(27)14(26)13(25)10(7-24)28-18/h1-5,8,10,13-15,18,24-27H,6-7H2,(H2,19,21,22)/t10-,13-,14+,15-,18-/m1/s1. The summed E-state index contributed by atoms with van der Waals surface area (Å²) in [5, 5.41) is 39.8. The monoisotopic (exact) mass is 387 g/mol. The van der Waals surface area contributed by atoms with E-state index in [1.807, 2.05) is 30.3 Å². The Morgan fingerprint density at radius 3 is 2.50 bits per heavy atom. The summed E-state index contributed by atoms with van der Waals surface area (Å²) in [6, 6.07) is 9.62. The Balaban J connectivity index is 1.73. The summed E-state index contributed by atoms with van der Waals surface area (Å²) < 4.78 is 7.01. The molecule has 0 saturated carbocycles. The number of nitrogen functional groups attached to an aromatic ring is 1. The van der Waals surface area contributed by atoms with Crippen molar-refractivity contribution in [1.82, 2.24) is 19.5 Å². The van der Waals surface area contributed by atoms with E-state index in [1.165, 1.54) is 10.9 Å². The van der Waals surface area contributed by atoms with Crippen molar-refractivity contribution >= 4 is 17.0 Å². The average molecular weight is 387 g/mol. The van der Waals surface area contributed by atoms with Crippen LogP contribution >= 0.6 is 0 Å². The summed E-state index contributed by atoms with van der Waals surface area (Å²) in [6.07, 6.45) is -4.74. The highest BCUT2D eigenvalue weighted by atomic mass is 16.6. The van der Waals surface area contributed by atoms with Crippen LogP contribution in [0.3, 0.4) is 0 Å². The van der Waals surface area contributed by atoms with Crippen LogP contribution in [-0.4, -0.2) is 71.0 Å². The van der Waals surface area contributed by atoms with E-state index >= 15 is 0 Å². The Kier molecular flexibility index (Phi) is 4.96. The van der Waals surface area contributed by atoms with Crippen LogP contribution in [0.4, 0.5) is 5.82 Å². The Morgan fingerprint density at radius 1 is 1.04 bits per heavy atom. The maximum atomic E-state index is 10.4. The van der Waals surface area contributed by atoms with E-state index in [1.54, 1.807) is 0 Å². The van der Waals surface area contributed by atoms with E-state index in [9.17, 15) is 20.4 Å². The lowest BCUT2D eigenvalue weighted by molar-refractivity contribution is -0.250. The van der Waals surface area contributed by atoms with Crippen molar-refractivity contribution < 1.29 is 25.2 Å². The summed E-state index contributed by atoms with van der Waals surface area (Å²) in [5.41, 5.74) is 7.68. The first-order chi connectivity index (χ1) is 13.5. The maximum Gasteiger partial charge on any atom is 0.167 e. The van der Waals surface area contributed by atoms with Gasteiger partial charge in [-0.05, 0) is 5.56 Å². The number of fused-ring (bicyclic) bond motifs is 1. The first-order valence-corrected chi connectivity index (χ1v) is 8.83. The molecule has 3 heterocycles. The van der Waals surface area contributed by atoms with Crippen LogP contribution < -0.4 is 5.73 Å². The number of anilines is 1. The van der Waals surface area contributed by atoms with Gasteiger partial charge >= 0.3 is 0 Å². The van der Waals surface area contributed by atoms with Gasteiger partial charge in [0, 0.05) is 6.42 Å². The molecule has 0 amide bonds. The van der Waals surface area contributed by atoms with Gasteiger partial charge in [-0.1, -0.05) is 30.3 Å². The van der Waals surface area contributed by atoms with Crippen LogP contribution in [0.1, 0.15) is 17.6 Å². The van der Waals surface area contributed by atoms with Gasteiger partial charge in [0.2, 0.25) is 0 Å². The molecule has 6 N–H and O–H groups in total. The summed E-state index contributed by atoms with van der Waals surface area (Å²) in [5.74, 6) is 0.641. The number of benzene rings is 1. The molecule has 5 atom stereocenters. The zero-order valence-electron chi connectivity index (χ0n) is 14.8. The van der Waals surface area contributed by atoms with Crippen LogP contribution in [0.25, 0.3) is 11.2 Å². The van der Waals surface area contributed by atoms with E-state index in [0.717, 1.165) is 5.56 Å². The molecule has 1 aromatic carbocycles. The molecule has 4 rings (SSSR count). The molecule has 1 fully saturated rings. The first-order valence-electron chi connectivity index (χ1n) is 8.83. The number of aliphatic hydroxyl groups is 4. The second-order valence-corrected chi connectivity index (χ2v) is 6.73. The van der Waals surface area contributed by atoms with Crippen LogP contribution in [-0.2, 0) is 11.2 Å². The van der Waals surface area contributed by atoms with Crippen molar-refractivity contribution in [3.63, 3.8) is 0 Å². The Labute approximate surface area is 159 Å². The number of hydrogen-bond donors (Lipinski definition) is 5. The molecule has 0 spiro atoms. The fraction of sp³-hybridized carbons (Fsp3) is 0.389. The van der Waals surface area contributed by atoms with Crippen molar-refractivity contribution in [3.05, 3.63) is 48.0 Å². The minimum atomic E-state index is -1.50. The molecular formula is C18H21N5O5. The molecule has 10 nitrogen and oxygen atoms in total. The fourth-order valence-corrected chi connectivity index (χ4v) is 3.34. The summed E-state index contributed by atoms with van der Waals surface area (Å²) in [7, 11) is 0. The van der Waals surface area contributed by atoms with Crippen molar-refractivity contribution in [2.75, 3.05) is 12.3 Å². The highest BCUT2D eigenvalue weighted by Crippen LogP contribution is 2.31. The second-order valence-electron chi connectivity index (χ2n) is 6.73. The van der Waals surface area contributed by atoms with Crippen molar-refractivity contribution in [2.24, 2.45) is 0 Å². The topological polar surface area (TPSA) is 160 Å². The molecule has 1 aliphatic heterocycles. The molecular weight excluding hydrogens is 366 g/mol. The third-order valence-corrected chi connectivity index (χ3v) is 4.84. The van der Waals surface area contributed by atoms with Crippen molar-refractivity contribution in [3.8, 4) is 0 Å². The molecule has 2 aromatic heterocycles. The van der Waals surface area contributed by atoms with Crippen molar-refractivity contribution in [1.29, 1.82) is 0 Å². The van der Waals surface area contributed by atoms with Crippen molar-refractivity contribution in [2.45, 2.75) is 37.1 Å². The SMILES string of the molecule is Nc1nc(Cc2ccccc2)nc2c1ncn2[C@@H]1O[C@H](CO)[C@@H](O)[C@H](O)[C@H]1O. The Morgan fingerprint density at radius 2 is 1.79 bits per heavy atom. The number of aromatic nitrogens is 4. The third kappa shape index (κ3) is 3.21. The quantitative estimate of drug-likeness (QED) is 0.377. The number of imidazole rings is 1. The molecule has 1 saturated heterocycles. The third-order valence-electron chi connectivity index (χ3n) is 4.84. The zero-order valence-corrected chi connectivity index (χ0v) is 14.8. The number of nitrogens with two attached hydrogens (primary N) is 1. The molecule has 0 aliphatic carbocycles. The Bertz CT molecular complexity index is 964. The summed E-state index contributed by atoms with van der Waals surface area (Å²) in [4.78, 5) is 13.0. The van der Waals surface area contributed by atoms with Gasteiger partial charge < -0.3 is 30.9 Å². The van der Waals surface area contributed by atoms with Gasteiger partial charge in [0.25, 0.3) is 0 Å². The lowest BCUT2D eigenvalue weighted by Crippen LogP contribution is -2.56. The first kappa shape index (κ1) is 18.7. The van der Waals surface area contributed by atoms with Gasteiger partial charge in [-0.3, -0.25) is 4.57 Å². The van der Waals surface area contributed by atoms with E-state index in [0.29, 0.717) is 23.4 Å². The predicted octanol–water partition coefficient (Wildman–Crippen LogP) is -1.03. The molecule has 0 bridgehead atoms. The minimum absolute atomic E-state index is 0.180. The normalized spacial score (nSPS) is 27.9. The molecule has 0 unspecified atom stereocenters. The average Bonchev–Trinajstić information content (AvgIpc) is 3.12. The lowest BCUT2D eigenvalue weighted by Gasteiger charge is -2.40. The van der Waals surface area contributed by atoms with Crippen LogP contribution in [0.2, 0.25) is 0 Å². The summed E-state index contributed by atoms with van der Waals surface area (Å²) in [6.45, 7) is -0.523. The number of nitrogens with zero attached hydrogens (tertiary/aromatic N) is 4. The summed E-state index contributed by atoms with van der Waals surface area (Å²) >= 11 is 0. The van der Waals surface area contributed by atoms with Crippen LogP contribution in [0.5, 0.6) is 0 Å². The maximum absolute atomic E-state index is 10.4. The smallest absolute Gasteiger partial charge is 0.167 e. The zero-order chi connectivity index (χ0) is 19.8. The number of hydrogen-bond acceptors (Lipinski definition) is 9. The fourth-order valence-electron chi connectivity index (χ4n) is 3.34. The highest BCUT2D eigenvalue weighted by Gasteiger charge is 2.44. The molecule has 1 aliphatic rings. The predicted molar refractivity (Wildman–Crippen MR) is 98.0 cm³/mol. The molecule has 28 heavy (non-hydrogen) atoms. The highest BCUT2D eigenvalue weighted by molar-refractivity contribution is 5.81. The van der Waals surface area contributed by atoms with Gasteiger partial charge in [0.1, 0.15) is 35.8 Å². The minimum Gasteiger partial charge on any atom is -0.394 e. The van der Waals surface area contributed by atoms with E-state index in [2.05, 4.69) is 15.0 Å². The number of aliphatic hydroxyl groups excluding tert-OH is 4. The largest absolute Gasteiger partial charge is 0.394 e. The van der Waals surface area contributed by atoms with E-state index in [4.69, 9.17) is 10.5 Å². The second kappa shape index (κ2) is 7.41. The molecule has 148 valence electrons. The molecule has 10 heteroatoms. The van der Waals surface area contributed by atoms with Gasteiger partial charge in [0.15, 0.2) is 17.7 Å². The molecule has 3 aromatic rings. The van der Waals surface area contributed by atoms with Gasteiger partial charge in [-0.2, -0.15) is 0 Å². The van der Waals surface area contributed by atoms with E-state index in [-0.39, 0.29) is 5.82 Å². The van der Waals surface area contributed by atoms with Gasteiger partial charge in [0.05, 0.1) is 12.9 Å². The lowest BCUT2D eigenvalue weighted by atomic mass is 9.98. The number of ether oxygens (including phenoxy) is 1. The van der Waals surface area contributed by atoms with Crippen LogP contribution in [0.15, 0.2) is 36.7 Å². The molecule has 0 radical (unpaired) electrons. The van der Waals surface area contributed by atoms with Gasteiger partial charge in [-0.15, -0.1) is 0 Å². The van der Waals surface area contributed by atoms with Crippen LogP contribution in [0, 0.1) is 0 Å².